The van der Waals surface area contributed by atoms with Crippen molar-refractivity contribution in [1.29, 1.82) is 0 Å². The Hall–Kier alpha value is -2.04. The average Bonchev–Trinajstić information content (AvgIpc) is 2.30. The highest BCUT2D eigenvalue weighted by molar-refractivity contribution is 5.91. The molecule has 1 atom stereocenters. The molecule has 0 bridgehead atoms. The quantitative estimate of drug-likeness (QED) is 0.794. The largest absolute Gasteiger partial charge is 0.494 e. The number of carboxylic acids is 1. The molecule has 1 unspecified atom stereocenters. The smallest absolute Gasteiger partial charge is 0.303 e. The van der Waals surface area contributed by atoms with Crippen molar-refractivity contribution >= 4 is 17.6 Å². The summed E-state index contributed by atoms with van der Waals surface area (Å²) < 4.78 is 5.30. The molecule has 104 valence electrons. The zero-order chi connectivity index (χ0) is 14.3. The van der Waals surface area contributed by atoms with Crippen molar-refractivity contribution in [3.05, 3.63) is 24.3 Å². The molecule has 5 nitrogen and oxygen atoms in total. The minimum absolute atomic E-state index is 0.00328. The van der Waals surface area contributed by atoms with Crippen LogP contribution in [0.5, 0.6) is 5.75 Å². The summed E-state index contributed by atoms with van der Waals surface area (Å²) in [6.45, 7) is 4.24. The van der Waals surface area contributed by atoms with Gasteiger partial charge in [0.05, 0.1) is 6.61 Å². The van der Waals surface area contributed by atoms with Crippen LogP contribution < -0.4 is 10.1 Å². The molecule has 0 aliphatic carbocycles. The van der Waals surface area contributed by atoms with Gasteiger partial charge in [-0.1, -0.05) is 6.92 Å². The van der Waals surface area contributed by atoms with Crippen molar-refractivity contribution in [2.45, 2.75) is 26.7 Å². The van der Waals surface area contributed by atoms with Gasteiger partial charge >= 0.3 is 5.97 Å². The van der Waals surface area contributed by atoms with E-state index in [1.807, 2.05) is 6.92 Å². The van der Waals surface area contributed by atoms with Gasteiger partial charge in [0.2, 0.25) is 5.91 Å². The molecular weight excluding hydrogens is 246 g/mol. The van der Waals surface area contributed by atoms with Crippen LogP contribution in [0.1, 0.15) is 26.7 Å². The number of hydrogen-bond acceptors (Lipinski definition) is 3. The third kappa shape index (κ3) is 5.90. The first-order valence-corrected chi connectivity index (χ1v) is 6.25. The van der Waals surface area contributed by atoms with E-state index in [1.54, 1.807) is 31.2 Å². The van der Waals surface area contributed by atoms with Crippen LogP contribution in [0, 0.1) is 5.92 Å². The first kappa shape index (κ1) is 15.0. The van der Waals surface area contributed by atoms with Gasteiger partial charge in [-0.2, -0.15) is 0 Å². The van der Waals surface area contributed by atoms with Crippen molar-refractivity contribution in [3.8, 4) is 5.75 Å². The Bertz CT molecular complexity index is 428. The van der Waals surface area contributed by atoms with Crippen LogP contribution in [-0.4, -0.2) is 23.6 Å². The maximum atomic E-state index is 11.7. The van der Waals surface area contributed by atoms with Gasteiger partial charge in [-0.3, -0.25) is 9.59 Å². The van der Waals surface area contributed by atoms with Gasteiger partial charge in [0.15, 0.2) is 0 Å². The normalized spacial score (nSPS) is 11.7. The SMILES string of the molecule is CCOc1ccc(NC(=O)CC(C)CC(=O)O)cc1. The van der Waals surface area contributed by atoms with Gasteiger partial charge in [0.25, 0.3) is 0 Å². The Morgan fingerprint density at radius 3 is 2.42 bits per heavy atom. The van der Waals surface area contributed by atoms with Crippen molar-refractivity contribution in [3.63, 3.8) is 0 Å². The van der Waals surface area contributed by atoms with Gasteiger partial charge < -0.3 is 15.2 Å². The number of hydrogen-bond donors (Lipinski definition) is 2. The molecule has 1 amide bonds. The van der Waals surface area contributed by atoms with Gasteiger partial charge in [0.1, 0.15) is 5.75 Å². The first-order chi connectivity index (χ1) is 9.01. The molecule has 1 aromatic carbocycles. The van der Waals surface area contributed by atoms with E-state index in [-0.39, 0.29) is 24.7 Å². The monoisotopic (exact) mass is 265 g/mol. The molecule has 1 rings (SSSR count). The highest BCUT2D eigenvalue weighted by atomic mass is 16.5. The van der Waals surface area contributed by atoms with Crippen LogP contribution in [0.15, 0.2) is 24.3 Å². The molecule has 5 heteroatoms. The van der Waals surface area contributed by atoms with Crippen molar-refractivity contribution < 1.29 is 19.4 Å². The minimum Gasteiger partial charge on any atom is -0.494 e. The molecule has 0 spiro atoms. The topological polar surface area (TPSA) is 75.6 Å². The highest BCUT2D eigenvalue weighted by Crippen LogP contribution is 2.16. The Labute approximate surface area is 112 Å². The summed E-state index contributed by atoms with van der Waals surface area (Å²) in [5.74, 6) is -0.501. The lowest BCUT2D eigenvalue weighted by atomic mass is 10.0. The van der Waals surface area contributed by atoms with Crippen molar-refractivity contribution in [2.75, 3.05) is 11.9 Å². The van der Waals surface area contributed by atoms with E-state index in [9.17, 15) is 9.59 Å². The summed E-state index contributed by atoms with van der Waals surface area (Å²) in [5.41, 5.74) is 0.677. The summed E-state index contributed by atoms with van der Waals surface area (Å²) >= 11 is 0. The number of carbonyl (C=O) groups is 2. The number of anilines is 1. The number of amides is 1. The summed E-state index contributed by atoms with van der Waals surface area (Å²) in [6, 6.07) is 7.06. The number of benzene rings is 1. The van der Waals surface area contributed by atoms with Crippen LogP contribution in [0.4, 0.5) is 5.69 Å². The molecule has 0 fully saturated rings. The molecule has 19 heavy (non-hydrogen) atoms. The fourth-order valence-corrected chi connectivity index (χ4v) is 1.70. The molecule has 0 saturated carbocycles. The Morgan fingerprint density at radius 2 is 1.89 bits per heavy atom. The predicted octanol–water partition coefficient (Wildman–Crippen LogP) is 2.52. The fraction of sp³-hybridized carbons (Fsp3) is 0.429. The molecular formula is C14H19NO4. The van der Waals surface area contributed by atoms with Gasteiger partial charge in [-0.05, 0) is 37.1 Å². The molecule has 0 heterocycles. The van der Waals surface area contributed by atoms with Crippen molar-refractivity contribution in [2.24, 2.45) is 5.92 Å². The second kappa shape index (κ2) is 7.41. The summed E-state index contributed by atoms with van der Waals surface area (Å²) in [7, 11) is 0. The Morgan fingerprint density at radius 1 is 1.26 bits per heavy atom. The molecule has 0 saturated heterocycles. The maximum absolute atomic E-state index is 11.7. The predicted molar refractivity (Wildman–Crippen MR) is 72.3 cm³/mol. The summed E-state index contributed by atoms with van der Waals surface area (Å²) in [5, 5.41) is 11.3. The molecule has 0 radical (unpaired) electrons. The second-order valence-corrected chi connectivity index (χ2v) is 4.41. The van der Waals surface area contributed by atoms with Gasteiger partial charge in [-0.15, -0.1) is 0 Å². The van der Waals surface area contributed by atoms with Crippen LogP contribution in [-0.2, 0) is 9.59 Å². The maximum Gasteiger partial charge on any atom is 0.303 e. The van der Waals surface area contributed by atoms with Crippen LogP contribution in [0.25, 0.3) is 0 Å². The summed E-state index contributed by atoms with van der Waals surface area (Å²) in [6.07, 6.45) is 0.191. The number of rotatable bonds is 7. The molecule has 0 aromatic heterocycles. The van der Waals surface area contributed by atoms with Crippen LogP contribution in [0.3, 0.4) is 0 Å². The van der Waals surface area contributed by atoms with Gasteiger partial charge in [0, 0.05) is 18.5 Å². The highest BCUT2D eigenvalue weighted by Gasteiger charge is 2.12. The third-order valence-corrected chi connectivity index (χ3v) is 2.51. The number of nitrogens with one attached hydrogen (secondary N) is 1. The van der Waals surface area contributed by atoms with E-state index in [0.717, 1.165) is 5.75 Å². The van der Waals surface area contributed by atoms with Gasteiger partial charge in [-0.25, -0.2) is 0 Å². The standard InChI is InChI=1S/C14H19NO4/c1-3-19-12-6-4-11(5-7-12)15-13(16)8-10(2)9-14(17)18/h4-7,10H,3,8-9H2,1-2H3,(H,15,16)(H,17,18). The minimum atomic E-state index is -0.888. The average molecular weight is 265 g/mol. The third-order valence-electron chi connectivity index (χ3n) is 2.51. The van der Waals surface area contributed by atoms with E-state index in [0.29, 0.717) is 12.3 Å². The number of aliphatic carboxylic acids is 1. The van der Waals surface area contributed by atoms with E-state index in [1.165, 1.54) is 0 Å². The molecule has 2 N–H and O–H groups in total. The lowest BCUT2D eigenvalue weighted by molar-refractivity contribution is -0.138. The zero-order valence-electron chi connectivity index (χ0n) is 11.2. The summed E-state index contributed by atoms with van der Waals surface area (Å²) in [4.78, 5) is 22.2. The first-order valence-electron chi connectivity index (χ1n) is 6.25. The van der Waals surface area contributed by atoms with E-state index in [4.69, 9.17) is 9.84 Å². The van der Waals surface area contributed by atoms with E-state index in [2.05, 4.69) is 5.32 Å². The van der Waals surface area contributed by atoms with Crippen LogP contribution >= 0.6 is 0 Å². The number of ether oxygens (including phenoxy) is 1. The van der Waals surface area contributed by atoms with Crippen LogP contribution in [0.2, 0.25) is 0 Å². The molecule has 0 aliphatic rings. The molecule has 0 aliphatic heterocycles. The number of carboxylic acid groups (broad SMARTS) is 1. The van der Waals surface area contributed by atoms with Crippen molar-refractivity contribution in [1.82, 2.24) is 0 Å². The lowest BCUT2D eigenvalue weighted by Crippen LogP contribution is -2.16. The molecule has 1 aromatic rings. The van der Waals surface area contributed by atoms with E-state index < -0.39 is 5.97 Å². The van der Waals surface area contributed by atoms with E-state index >= 15 is 0 Å². The Kier molecular flexibility index (Phi) is 5.85. The Balaban J connectivity index is 2.45. The second-order valence-electron chi connectivity index (χ2n) is 4.41. The zero-order valence-corrected chi connectivity index (χ0v) is 11.2. The number of carbonyl (C=O) groups excluding carboxylic acids is 1. The fourth-order valence-electron chi connectivity index (χ4n) is 1.70. The lowest BCUT2D eigenvalue weighted by Gasteiger charge is -2.10.